The average Bonchev–Trinajstić information content (AvgIpc) is 3.12. The monoisotopic (exact) mass is 720 g/mol. The van der Waals surface area contributed by atoms with Gasteiger partial charge in [0.2, 0.25) is 11.8 Å². The zero-order valence-electron chi connectivity index (χ0n) is 34.0. The molecule has 0 saturated heterocycles. The van der Waals surface area contributed by atoms with E-state index in [4.69, 9.17) is 17.2 Å². The Kier molecular flexibility index (Phi) is 37.5. The van der Waals surface area contributed by atoms with Crippen molar-refractivity contribution in [3.63, 3.8) is 0 Å². The minimum absolute atomic E-state index is 0.143. The van der Waals surface area contributed by atoms with Gasteiger partial charge >= 0.3 is 5.96 Å². The predicted octanol–water partition coefficient (Wildman–Crippen LogP) is 8.30. The van der Waals surface area contributed by atoms with E-state index in [1.54, 1.807) is 0 Å². The molecule has 2 amide bonds. The molecule has 0 aromatic rings. The van der Waals surface area contributed by atoms with Crippen molar-refractivity contribution in [2.24, 2.45) is 17.2 Å². The highest BCUT2D eigenvalue weighted by Crippen LogP contribution is 2.14. The maximum Gasteiger partial charge on any atom is 0.338 e. The number of nitrogens with zero attached hydrogens (tertiary/aromatic N) is 1. The van der Waals surface area contributed by atoms with Crippen molar-refractivity contribution in [2.45, 2.75) is 219 Å². The van der Waals surface area contributed by atoms with Gasteiger partial charge in [-0.25, -0.2) is 0 Å². The number of carbonyl (C=O) groups excluding carboxylic acids is 2. The van der Waals surface area contributed by atoms with Crippen LogP contribution in [0.25, 0.3) is 0 Å². The van der Waals surface area contributed by atoms with Crippen LogP contribution in [0.2, 0.25) is 0 Å². The molecule has 0 fully saturated rings. The van der Waals surface area contributed by atoms with Crippen molar-refractivity contribution in [1.29, 1.82) is 0 Å². The number of rotatable bonds is 39. The van der Waals surface area contributed by atoms with Crippen molar-refractivity contribution in [1.82, 2.24) is 10.2 Å². The summed E-state index contributed by atoms with van der Waals surface area (Å²) in [5, 5.41) is 2.87. The lowest BCUT2D eigenvalue weighted by Crippen LogP contribution is -2.78. The van der Waals surface area contributed by atoms with Gasteiger partial charge in [-0.2, -0.15) is 0 Å². The molecule has 0 aliphatic rings. The molecule has 8 heteroatoms. The van der Waals surface area contributed by atoms with Gasteiger partial charge in [0.05, 0.1) is 12.6 Å². The molecule has 0 saturated carbocycles. The van der Waals surface area contributed by atoms with Crippen molar-refractivity contribution in [3.05, 3.63) is 12.2 Å². The molecular weight excluding hydrogens is 633 g/mol. The smallest absolute Gasteiger partial charge is 0.338 e. The van der Waals surface area contributed by atoms with Crippen LogP contribution in [-0.2, 0) is 9.59 Å². The number of guanidine groups is 1. The largest absolute Gasteiger partial charge is 0.354 e. The van der Waals surface area contributed by atoms with E-state index in [0.29, 0.717) is 32.4 Å². The second-order valence-corrected chi connectivity index (χ2v) is 15.1. The first-order valence-corrected chi connectivity index (χ1v) is 22.0. The number of unbranched alkanes of at least 4 members (excludes halogenated alkanes) is 25. The van der Waals surface area contributed by atoms with Crippen LogP contribution in [0.15, 0.2) is 12.2 Å². The summed E-state index contributed by atoms with van der Waals surface area (Å²) in [5.41, 5.74) is 16.9. The van der Waals surface area contributed by atoms with Crippen LogP contribution >= 0.6 is 0 Å². The lowest BCUT2D eigenvalue weighted by Gasteiger charge is -2.23. The molecule has 51 heavy (non-hydrogen) atoms. The van der Waals surface area contributed by atoms with Crippen molar-refractivity contribution in [2.75, 3.05) is 26.2 Å². The van der Waals surface area contributed by atoms with E-state index in [-0.39, 0.29) is 17.8 Å². The number of nitrogens with two attached hydrogens (primary N) is 3. The van der Waals surface area contributed by atoms with Crippen molar-refractivity contribution in [3.8, 4) is 0 Å². The van der Waals surface area contributed by atoms with E-state index in [0.717, 1.165) is 25.9 Å². The third-order valence-corrected chi connectivity index (χ3v) is 10.1. The Balaban J connectivity index is 4.30. The molecule has 0 aliphatic carbocycles. The molecule has 0 rings (SSSR count). The maximum atomic E-state index is 13.2. The molecule has 0 bridgehead atoms. The number of amides is 2. The standard InChI is InChI=1S/C43H86N6O2/c1-3-5-7-9-11-13-15-17-19-20-22-24-26-28-30-32-39-49(38-31-29-27-25-23-21-18-16-14-12-10-8-6-4-2)41(50)35-37-47-42(51)40(44)34-33-36-48-43(45)46/h17,19,40H,3-16,18,20-39,44H2,1-2H3,(H,47,51)(H4,45,46,48)/p+1/b19-17-/t40-/m0/s1. The molecule has 0 radical (unpaired) electrons. The Morgan fingerprint density at radius 2 is 0.980 bits per heavy atom. The highest BCUT2D eigenvalue weighted by molar-refractivity contribution is 5.82. The summed E-state index contributed by atoms with van der Waals surface area (Å²) in [7, 11) is 0. The summed E-state index contributed by atoms with van der Waals surface area (Å²) in [6.45, 7) is 7.10. The molecular formula is C43H87N6O2+. The van der Waals surface area contributed by atoms with Crippen LogP contribution in [0.3, 0.4) is 0 Å². The summed E-state index contributed by atoms with van der Waals surface area (Å²) in [6.07, 6.45) is 42.9. The molecule has 300 valence electrons. The van der Waals surface area contributed by atoms with E-state index in [9.17, 15) is 9.59 Å². The Morgan fingerprint density at radius 1 is 0.588 bits per heavy atom. The van der Waals surface area contributed by atoms with Gasteiger partial charge in [0.1, 0.15) is 0 Å². The summed E-state index contributed by atoms with van der Waals surface area (Å²) < 4.78 is 0. The third kappa shape index (κ3) is 36.1. The number of hydrogen-bond acceptors (Lipinski definition) is 3. The first-order valence-electron chi connectivity index (χ1n) is 22.0. The van der Waals surface area contributed by atoms with Crippen molar-refractivity contribution >= 4 is 17.8 Å². The highest BCUT2D eigenvalue weighted by atomic mass is 16.2. The minimum Gasteiger partial charge on any atom is -0.354 e. The van der Waals surface area contributed by atoms with Crippen LogP contribution < -0.4 is 27.5 Å². The van der Waals surface area contributed by atoms with E-state index >= 15 is 0 Å². The molecule has 0 aromatic carbocycles. The Bertz CT molecular complexity index is 829. The lowest BCUT2D eigenvalue weighted by molar-refractivity contribution is -0.459. The van der Waals surface area contributed by atoms with Gasteiger partial charge < -0.3 is 16.0 Å². The third-order valence-electron chi connectivity index (χ3n) is 10.1. The van der Waals surface area contributed by atoms with Gasteiger partial charge in [0, 0.05) is 26.1 Å². The van der Waals surface area contributed by atoms with Crippen LogP contribution in [0.5, 0.6) is 0 Å². The highest BCUT2D eigenvalue weighted by Gasteiger charge is 2.16. The van der Waals surface area contributed by atoms with Crippen LogP contribution in [-0.4, -0.2) is 54.9 Å². The fourth-order valence-corrected chi connectivity index (χ4v) is 6.68. The van der Waals surface area contributed by atoms with E-state index in [2.05, 4.69) is 41.2 Å². The summed E-state index contributed by atoms with van der Waals surface area (Å²) >= 11 is 0. The van der Waals surface area contributed by atoms with Gasteiger partial charge in [-0.15, -0.1) is 0 Å². The molecule has 8 N–H and O–H groups in total. The summed E-state index contributed by atoms with van der Waals surface area (Å²) in [6, 6.07) is -0.603. The Hall–Kier alpha value is -2.09. The van der Waals surface area contributed by atoms with Gasteiger partial charge in [-0.05, 0) is 51.4 Å². The Morgan fingerprint density at radius 3 is 1.39 bits per heavy atom. The quantitative estimate of drug-likeness (QED) is 0.0188. The SMILES string of the molecule is CCCCCCCC/C=C\CCCCCCCCN(CCCCCCCCCCCCCCCC)C(=O)CCNC(=O)[C@@H](N)CCC[NH+]=C(N)N. The van der Waals surface area contributed by atoms with Crippen LogP contribution in [0, 0.1) is 0 Å². The van der Waals surface area contributed by atoms with Gasteiger partial charge in [-0.3, -0.25) is 26.0 Å². The summed E-state index contributed by atoms with van der Waals surface area (Å²) in [4.78, 5) is 30.6. The number of hydrogen-bond donors (Lipinski definition) is 5. The van der Waals surface area contributed by atoms with Crippen LogP contribution in [0.4, 0.5) is 0 Å². The lowest BCUT2D eigenvalue weighted by atomic mass is 10.0. The number of nitrogens with one attached hydrogen (secondary N) is 2. The minimum atomic E-state index is -0.603. The second-order valence-electron chi connectivity index (χ2n) is 15.1. The fourth-order valence-electron chi connectivity index (χ4n) is 6.68. The van der Waals surface area contributed by atoms with Gasteiger partial charge in [0.25, 0.3) is 0 Å². The zero-order valence-corrected chi connectivity index (χ0v) is 34.0. The molecule has 0 heterocycles. The second kappa shape index (κ2) is 39.1. The number of allylic oxidation sites excluding steroid dienone is 2. The average molecular weight is 720 g/mol. The van der Waals surface area contributed by atoms with Gasteiger partial charge in [0.15, 0.2) is 0 Å². The first kappa shape index (κ1) is 48.9. The van der Waals surface area contributed by atoms with Crippen LogP contribution in [0.1, 0.15) is 213 Å². The predicted molar refractivity (Wildman–Crippen MR) is 220 cm³/mol. The molecule has 0 aliphatic heterocycles. The van der Waals surface area contributed by atoms with E-state index < -0.39 is 6.04 Å². The first-order chi connectivity index (χ1) is 24.9. The molecule has 8 nitrogen and oxygen atoms in total. The summed E-state index contributed by atoms with van der Waals surface area (Å²) in [5.74, 6) is 0.103. The zero-order chi connectivity index (χ0) is 37.5. The Labute approximate surface area is 316 Å². The molecule has 0 unspecified atom stereocenters. The van der Waals surface area contributed by atoms with E-state index in [1.165, 1.54) is 167 Å². The fraction of sp³-hybridized carbons (Fsp3) is 0.884. The van der Waals surface area contributed by atoms with Crippen molar-refractivity contribution < 1.29 is 14.6 Å². The molecule has 0 spiro atoms. The molecule has 1 atom stereocenters. The molecule has 0 aromatic heterocycles. The van der Waals surface area contributed by atoms with E-state index in [1.807, 2.05) is 0 Å². The maximum absolute atomic E-state index is 13.2. The van der Waals surface area contributed by atoms with Gasteiger partial charge in [-0.1, -0.05) is 167 Å². The topological polar surface area (TPSA) is 141 Å². The number of carbonyl (C=O) groups is 2. The normalized spacial score (nSPS) is 12.0.